The first-order chi connectivity index (χ1) is 16.8. The Morgan fingerprint density at radius 2 is 1.94 bits per heavy atom. The van der Waals surface area contributed by atoms with Crippen molar-refractivity contribution >= 4 is 10.0 Å². The molecule has 2 bridgehead atoms. The van der Waals surface area contributed by atoms with Gasteiger partial charge in [0.15, 0.2) is 0 Å². The number of likely N-dealkylation sites (tertiary alicyclic amines) is 1. The van der Waals surface area contributed by atoms with Gasteiger partial charge in [0.2, 0.25) is 10.0 Å². The molecule has 2 aromatic carbocycles. The third-order valence-corrected chi connectivity index (χ3v) is 11.0. The van der Waals surface area contributed by atoms with E-state index in [0.29, 0.717) is 12.8 Å². The van der Waals surface area contributed by atoms with E-state index in [1.807, 2.05) is 43.3 Å². The molecule has 2 aromatic rings. The number of hydrogen-bond acceptors (Lipinski definition) is 5. The highest BCUT2D eigenvalue weighted by atomic mass is 32.2. The third kappa shape index (κ3) is 3.21. The number of hydrogen-bond donors (Lipinski definition) is 2. The van der Waals surface area contributed by atoms with Gasteiger partial charge in [-0.15, -0.1) is 0 Å². The molecule has 0 unspecified atom stereocenters. The summed E-state index contributed by atoms with van der Waals surface area (Å²) in [5, 5.41) is 12.5. The summed E-state index contributed by atoms with van der Waals surface area (Å²) in [6, 6.07) is 13.6. The lowest BCUT2D eigenvalue weighted by atomic mass is 9.48. The highest BCUT2D eigenvalue weighted by Crippen LogP contribution is 2.64. The Labute approximate surface area is 207 Å². The summed E-state index contributed by atoms with van der Waals surface area (Å²) in [6.45, 7) is 3.94. The summed E-state index contributed by atoms with van der Waals surface area (Å²) in [5.74, 6) is 1.56. The van der Waals surface area contributed by atoms with Crippen molar-refractivity contribution in [3.8, 4) is 5.75 Å². The Morgan fingerprint density at radius 3 is 2.74 bits per heavy atom. The molecule has 35 heavy (non-hydrogen) atoms. The molecule has 3 aliphatic carbocycles. The highest BCUT2D eigenvalue weighted by Gasteiger charge is 2.72. The molecule has 5 aliphatic rings. The smallest absolute Gasteiger partial charge is 0.216 e. The van der Waals surface area contributed by atoms with Crippen LogP contribution in [0.4, 0.5) is 0 Å². The molecule has 0 aromatic heterocycles. The Balaban J connectivity index is 1.25. The van der Waals surface area contributed by atoms with Crippen molar-refractivity contribution in [1.29, 1.82) is 0 Å². The molecule has 3 fully saturated rings. The van der Waals surface area contributed by atoms with Gasteiger partial charge in [0.05, 0.1) is 22.8 Å². The maximum absolute atomic E-state index is 13.3. The lowest BCUT2D eigenvalue weighted by Gasteiger charge is -2.64. The molecule has 1 saturated heterocycles. The number of sulfonamides is 1. The molecular weight excluding hydrogens is 460 g/mol. The number of aryl methyl sites for hydroxylation is 1. The number of ether oxygens (including phenoxy) is 1. The van der Waals surface area contributed by atoms with Crippen molar-refractivity contribution in [3.63, 3.8) is 0 Å². The minimum Gasteiger partial charge on any atom is -0.487 e. The number of rotatable bonds is 6. The van der Waals surface area contributed by atoms with E-state index in [-0.39, 0.29) is 17.8 Å². The second kappa shape index (κ2) is 7.54. The molecule has 0 amide bonds. The van der Waals surface area contributed by atoms with Crippen LogP contribution in [0.3, 0.4) is 0 Å². The molecule has 6 nitrogen and oxygen atoms in total. The average Bonchev–Trinajstić information content (AvgIpc) is 3.56. The molecule has 2 aliphatic heterocycles. The van der Waals surface area contributed by atoms with Crippen LogP contribution in [-0.2, 0) is 27.6 Å². The molecule has 0 radical (unpaired) electrons. The SMILES string of the molecule is Cc1ccccc1CS(=O)(=O)N[C@@H]1CC[C@@]2(O)[C@H]3Cc4cccc5c4[C@@]2(CCN3CC2CC2)[C@H]1O5. The van der Waals surface area contributed by atoms with Gasteiger partial charge in [0.1, 0.15) is 11.9 Å². The Morgan fingerprint density at radius 1 is 1.11 bits per heavy atom. The predicted octanol–water partition coefficient (Wildman–Crippen LogP) is 3.05. The molecule has 7 heteroatoms. The quantitative estimate of drug-likeness (QED) is 0.646. The lowest BCUT2D eigenvalue weighted by Crippen LogP contribution is -2.78. The van der Waals surface area contributed by atoms with Gasteiger partial charge in [-0.1, -0.05) is 36.4 Å². The zero-order valence-corrected chi connectivity index (χ0v) is 21.1. The molecule has 7 rings (SSSR count). The van der Waals surface area contributed by atoms with E-state index in [0.717, 1.165) is 54.3 Å². The first-order valence-electron chi connectivity index (χ1n) is 13.1. The van der Waals surface area contributed by atoms with Gasteiger partial charge in [0.25, 0.3) is 0 Å². The molecule has 5 atom stereocenters. The van der Waals surface area contributed by atoms with Crippen LogP contribution < -0.4 is 9.46 Å². The minimum absolute atomic E-state index is 0.0455. The van der Waals surface area contributed by atoms with Crippen LogP contribution in [0.15, 0.2) is 42.5 Å². The van der Waals surface area contributed by atoms with Crippen LogP contribution in [-0.4, -0.2) is 55.3 Å². The third-order valence-electron chi connectivity index (χ3n) is 9.60. The number of piperidine rings is 1. The monoisotopic (exact) mass is 494 g/mol. The van der Waals surface area contributed by atoms with Crippen molar-refractivity contribution in [2.75, 3.05) is 13.1 Å². The second-order valence-corrected chi connectivity index (χ2v) is 13.3. The van der Waals surface area contributed by atoms with Gasteiger partial charge in [-0.2, -0.15) is 0 Å². The Bertz CT molecular complexity index is 1290. The van der Waals surface area contributed by atoms with Gasteiger partial charge in [0, 0.05) is 18.2 Å². The largest absolute Gasteiger partial charge is 0.487 e. The van der Waals surface area contributed by atoms with Crippen molar-refractivity contribution in [3.05, 3.63) is 64.7 Å². The maximum atomic E-state index is 13.3. The lowest BCUT2D eigenvalue weighted by molar-refractivity contribution is -0.190. The van der Waals surface area contributed by atoms with Gasteiger partial charge in [-0.05, 0) is 80.7 Å². The number of nitrogens with one attached hydrogen (secondary N) is 1. The Hall–Kier alpha value is -1.93. The topological polar surface area (TPSA) is 78.9 Å². The summed E-state index contributed by atoms with van der Waals surface area (Å²) in [6.07, 6.45) is 5.01. The summed E-state index contributed by atoms with van der Waals surface area (Å²) < 4.78 is 36.3. The van der Waals surface area contributed by atoms with E-state index < -0.39 is 27.1 Å². The summed E-state index contributed by atoms with van der Waals surface area (Å²) in [7, 11) is -3.58. The van der Waals surface area contributed by atoms with Gasteiger partial charge >= 0.3 is 0 Å². The maximum Gasteiger partial charge on any atom is 0.216 e. The normalized spacial score (nSPS) is 35.4. The van der Waals surface area contributed by atoms with E-state index in [2.05, 4.69) is 15.7 Å². The number of benzene rings is 2. The van der Waals surface area contributed by atoms with Crippen LogP contribution in [0.2, 0.25) is 0 Å². The van der Waals surface area contributed by atoms with Gasteiger partial charge in [-0.25, -0.2) is 13.1 Å². The van der Waals surface area contributed by atoms with Crippen LogP contribution >= 0.6 is 0 Å². The molecule has 186 valence electrons. The van der Waals surface area contributed by atoms with Crippen LogP contribution in [0.5, 0.6) is 5.75 Å². The fraction of sp³-hybridized carbons (Fsp3) is 0.571. The van der Waals surface area contributed by atoms with Gasteiger partial charge < -0.3 is 9.84 Å². The standard InChI is InChI=1S/C28H34N2O4S/c1-18-5-2-3-6-21(18)17-35(32,33)29-22-11-12-28(31)24-15-20-7-4-8-23-25(20)27(28,26(22)34-23)13-14-30(24)16-19-9-10-19/h2-8,19,22,24,26,29,31H,9-17H2,1H3/t22-,24-,26+,27+,28-/m1/s1. The van der Waals surface area contributed by atoms with Crippen molar-refractivity contribution in [2.45, 2.75) is 80.4 Å². The molecule has 2 N–H and O–H groups in total. The van der Waals surface area contributed by atoms with Crippen LogP contribution in [0.1, 0.15) is 54.4 Å². The first kappa shape index (κ1) is 22.3. The van der Waals surface area contributed by atoms with Crippen molar-refractivity contribution in [2.24, 2.45) is 5.92 Å². The summed E-state index contributed by atoms with van der Waals surface area (Å²) >= 11 is 0. The zero-order chi connectivity index (χ0) is 24.0. The summed E-state index contributed by atoms with van der Waals surface area (Å²) in [5.41, 5.74) is 2.75. The van der Waals surface area contributed by atoms with Gasteiger partial charge in [-0.3, -0.25) is 4.90 Å². The summed E-state index contributed by atoms with van der Waals surface area (Å²) in [4.78, 5) is 2.54. The van der Waals surface area contributed by atoms with Crippen molar-refractivity contribution in [1.82, 2.24) is 9.62 Å². The van der Waals surface area contributed by atoms with Crippen molar-refractivity contribution < 1.29 is 18.3 Å². The molecular formula is C28H34N2O4S. The van der Waals surface area contributed by atoms with E-state index in [4.69, 9.17) is 4.74 Å². The van der Waals surface area contributed by atoms with E-state index in [1.165, 1.54) is 18.4 Å². The van der Waals surface area contributed by atoms with Crippen LogP contribution in [0, 0.1) is 12.8 Å². The average molecular weight is 495 g/mol. The molecule has 2 heterocycles. The fourth-order valence-corrected chi connectivity index (χ4v) is 9.34. The van der Waals surface area contributed by atoms with E-state index in [9.17, 15) is 13.5 Å². The molecule has 1 spiro atoms. The molecule has 2 saturated carbocycles. The Kier molecular flexibility index (Phi) is 4.80. The highest BCUT2D eigenvalue weighted by molar-refractivity contribution is 7.88. The number of nitrogens with zero attached hydrogens (tertiary/aromatic N) is 1. The van der Waals surface area contributed by atoms with Crippen LogP contribution in [0.25, 0.3) is 0 Å². The van der Waals surface area contributed by atoms with E-state index in [1.54, 1.807) is 0 Å². The zero-order valence-electron chi connectivity index (χ0n) is 20.2. The minimum atomic E-state index is -3.58. The number of aliphatic hydroxyl groups is 1. The first-order valence-corrected chi connectivity index (χ1v) is 14.8. The second-order valence-electron chi connectivity index (χ2n) is 11.6. The van der Waals surface area contributed by atoms with E-state index >= 15 is 0 Å². The predicted molar refractivity (Wildman–Crippen MR) is 134 cm³/mol. The fourth-order valence-electron chi connectivity index (χ4n) is 7.82.